The van der Waals surface area contributed by atoms with Crippen molar-refractivity contribution in [1.82, 2.24) is 35.0 Å². The predicted molar refractivity (Wildman–Crippen MR) is 118 cm³/mol. The number of para-hydroxylation sites is 1. The van der Waals surface area contributed by atoms with Gasteiger partial charge in [-0.05, 0) is 37.1 Å². The van der Waals surface area contributed by atoms with E-state index in [0.717, 1.165) is 22.2 Å². The maximum Gasteiger partial charge on any atom is 0.437 e. The summed E-state index contributed by atoms with van der Waals surface area (Å²) in [6, 6.07) is 10.4. The summed E-state index contributed by atoms with van der Waals surface area (Å²) in [5, 5.41) is 9.02. The third-order valence-corrected chi connectivity index (χ3v) is 6.01. The zero-order valence-corrected chi connectivity index (χ0v) is 17.7. The van der Waals surface area contributed by atoms with E-state index in [4.69, 9.17) is 4.42 Å². The van der Waals surface area contributed by atoms with Gasteiger partial charge >= 0.3 is 5.76 Å². The minimum absolute atomic E-state index is 0.201. The van der Waals surface area contributed by atoms with Gasteiger partial charge < -0.3 is 14.4 Å². The van der Waals surface area contributed by atoms with Crippen LogP contribution in [0.5, 0.6) is 0 Å². The van der Waals surface area contributed by atoms with Crippen LogP contribution < -0.4 is 11.1 Å². The second-order valence-corrected chi connectivity index (χ2v) is 7.98. The van der Waals surface area contributed by atoms with E-state index < -0.39 is 17.6 Å². The molecule has 2 atom stereocenters. The number of aromatic amines is 2. The zero-order valence-electron chi connectivity index (χ0n) is 17.7. The fourth-order valence-corrected chi connectivity index (χ4v) is 4.42. The maximum absolute atomic E-state index is 13.3. The first kappa shape index (κ1) is 19.6. The average Bonchev–Trinajstić information content (AvgIpc) is 3.55. The van der Waals surface area contributed by atoms with Crippen LogP contribution in [0.25, 0.3) is 22.3 Å². The first-order chi connectivity index (χ1) is 16.1. The minimum Gasteiger partial charge on any atom is -0.390 e. The molecule has 4 aromatic heterocycles. The second-order valence-electron chi connectivity index (χ2n) is 7.98. The van der Waals surface area contributed by atoms with Gasteiger partial charge in [-0.3, -0.25) is 10.3 Å². The van der Waals surface area contributed by atoms with Gasteiger partial charge in [-0.15, -0.1) is 5.10 Å². The van der Waals surface area contributed by atoms with Crippen LogP contribution in [0.15, 0.2) is 58.0 Å². The number of benzene rings is 1. The van der Waals surface area contributed by atoms with Gasteiger partial charge in [-0.25, -0.2) is 14.2 Å². The number of nitrogens with one attached hydrogen (secondary N) is 3. The highest BCUT2D eigenvalue weighted by molar-refractivity contribution is 5.85. The number of rotatable bonds is 4. The van der Waals surface area contributed by atoms with Gasteiger partial charge in [0.15, 0.2) is 0 Å². The number of hydrogen-bond donors (Lipinski definition) is 3. The molecule has 166 valence electrons. The van der Waals surface area contributed by atoms with Gasteiger partial charge in [0.05, 0.1) is 29.8 Å². The molecule has 1 aliphatic rings. The molecule has 5 heterocycles. The normalized spacial score (nSPS) is 18.0. The van der Waals surface area contributed by atoms with Crippen LogP contribution in [0.2, 0.25) is 0 Å². The highest BCUT2D eigenvalue weighted by Crippen LogP contribution is 2.38. The Kier molecular flexibility index (Phi) is 4.47. The second kappa shape index (κ2) is 7.52. The van der Waals surface area contributed by atoms with Crippen molar-refractivity contribution in [2.24, 2.45) is 0 Å². The fraction of sp³-hybridized carbons (Fsp3) is 0.217. The third kappa shape index (κ3) is 3.26. The van der Waals surface area contributed by atoms with Crippen molar-refractivity contribution in [3.8, 4) is 11.4 Å². The summed E-state index contributed by atoms with van der Waals surface area (Å²) < 4.78 is 20.1. The molecule has 1 aliphatic heterocycles. The molecule has 3 N–H and O–H groups in total. The molecule has 0 amide bonds. The Hall–Kier alpha value is -4.05. The molecule has 10 heteroatoms. The SMILES string of the molecule is CCn1nc(C2N[C@@H](c3ncc(-c4ccc(F)cn4)[nH]3)Cc3c2[nH]c2ccccc32)oc1=O. The summed E-state index contributed by atoms with van der Waals surface area (Å²) in [5.74, 6) is 0.118. The van der Waals surface area contributed by atoms with Crippen LogP contribution in [0.3, 0.4) is 0 Å². The van der Waals surface area contributed by atoms with Crippen molar-refractivity contribution >= 4 is 10.9 Å². The molecule has 0 aliphatic carbocycles. The smallest absolute Gasteiger partial charge is 0.390 e. The minimum atomic E-state index is -0.489. The van der Waals surface area contributed by atoms with E-state index in [0.29, 0.717) is 36.1 Å². The molecule has 33 heavy (non-hydrogen) atoms. The Morgan fingerprint density at radius 2 is 2.03 bits per heavy atom. The summed E-state index contributed by atoms with van der Waals surface area (Å²) in [7, 11) is 0. The number of aromatic nitrogens is 6. The topological polar surface area (TPSA) is 117 Å². The Balaban J connectivity index is 1.43. The van der Waals surface area contributed by atoms with Gasteiger partial charge in [0.2, 0.25) is 5.89 Å². The lowest BCUT2D eigenvalue weighted by Crippen LogP contribution is -2.35. The lowest BCUT2D eigenvalue weighted by atomic mass is 9.93. The Labute approximate surface area is 186 Å². The molecular formula is C23H20FN7O2. The highest BCUT2D eigenvalue weighted by Gasteiger charge is 2.35. The van der Waals surface area contributed by atoms with E-state index in [1.54, 1.807) is 12.3 Å². The summed E-state index contributed by atoms with van der Waals surface area (Å²) in [6.45, 7) is 2.26. The van der Waals surface area contributed by atoms with Gasteiger partial charge in [0, 0.05) is 23.1 Å². The first-order valence-electron chi connectivity index (χ1n) is 10.7. The number of hydrogen-bond acceptors (Lipinski definition) is 6. The van der Waals surface area contributed by atoms with E-state index in [1.807, 2.05) is 25.1 Å². The number of fused-ring (bicyclic) bond motifs is 3. The Morgan fingerprint density at radius 1 is 1.15 bits per heavy atom. The molecule has 0 saturated carbocycles. The fourth-order valence-electron chi connectivity index (χ4n) is 4.42. The lowest BCUT2D eigenvalue weighted by molar-refractivity contribution is 0.356. The quantitative estimate of drug-likeness (QED) is 0.391. The molecule has 1 unspecified atom stereocenters. The highest BCUT2D eigenvalue weighted by atomic mass is 19.1. The lowest BCUT2D eigenvalue weighted by Gasteiger charge is -2.28. The van der Waals surface area contributed by atoms with E-state index in [2.05, 4.69) is 36.4 Å². The zero-order chi connectivity index (χ0) is 22.5. The number of halogens is 1. The first-order valence-corrected chi connectivity index (χ1v) is 10.7. The van der Waals surface area contributed by atoms with Crippen molar-refractivity contribution in [1.29, 1.82) is 0 Å². The molecule has 9 nitrogen and oxygen atoms in total. The molecule has 5 aromatic rings. The van der Waals surface area contributed by atoms with Crippen molar-refractivity contribution < 1.29 is 8.81 Å². The van der Waals surface area contributed by atoms with Crippen molar-refractivity contribution in [3.63, 3.8) is 0 Å². The van der Waals surface area contributed by atoms with Gasteiger partial charge in [0.1, 0.15) is 17.7 Å². The van der Waals surface area contributed by atoms with Crippen LogP contribution >= 0.6 is 0 Å². The molecule has 6 rings (SSSR count). The number of nitrogens with zero attached hydrogens (tertiary/aromatic N) is 4. The van der Waals surface area contributed by atoms with E-state index in [9.17, 15) is 9.18 Å². The molecule has 0 spiro atoms. The van der Waals surface area contributed by atoms with Crippen LogP contribution in [-0.2, 0) is 13.0 Å². The van der Waals surface area contributed by atoms with E-state index in [-0.39, 0.29) is 6.04 Å². The molecule has 0 saturated heterocycles. The predicted octanol–water partition coefficient (Wildman–Crippen LogP) is 3.24. The number of aryl methyl sites for hydroxylation is 1. The third-order valence-electron chi connectivity index (χ3n) is 6.01. The molecule has 0 bridgehead atoms. The summed E-state index contributed by atoms with van der Waals surface area (Å²) in [4.78, 5) is 27.6. The molecular weight excluding hydrogens is 425 g/mol. The summed E-state index contributed by atoms with van der Waals surface area (Å²) in [5.41, 5.74) is 4.33. The molecule has 0 radical (unpaired) electrons. The van der Waals surface area contributed by atoms with Crippen LogP contribution in [0, 0.1) is 5.82 Å². The number of imidazole rings is 1. The van der Waals surface area contributed by atoms with Crippen molar-refractivity contribution in [2.45, 2.75) is 32.0 Å². The monoisotopic (exact) mass is 445 g/mol. The largest absolute Gasteiger partial charge is 0.437 e. The van der Waals surface area contributed by atoms with Crippen LogP contribution in [-0.4, -0.2) is 29.7 Å². The Morgan fingerprint density at radius 3 is 2.82 bits per heavy atom. The van der Waals surface area contributed by atoms with E-state index in [1.165, 1.54) is 16.9 Å². The van der Waals surface area contributed by atoms with Gasteiger partial charge in [-0.1, -0.05) is 18.2 Å². The van der Waals surface area contributed by atoms with Crippen molar-refractivity contribution in [2.75, 3.05) is 0 Å². The number of pyridine rings is 1. The summed E-state index contributed by atoms with van der Waals surface area (Å²) in [6.07, 6.45) is 3.52. The molecule has 1 aromatic carbocycles. The van der Waals surface area contributed by atoms with Gasteiger partial charge in [-0.2, -0.15) is 4.68 Å². The van der Waals surface area contributed by atoms with Crippen molar-refractivity contribution in [3.05, 3.63) is 88.1 Å². The van der Waals surface area contributed by atoms with E-state index >= 15 is 0 Å². The average molecular weight is 445 g/mol. The molecule has 0 fully saturated rings. The van der Waals surface area contributed by atoms with Gasteiger partial charge in [0.25, 0.3) is 0 Å². The maximum atomic E-state index is 13.3. The van der Waals surface area contributed by atoms with Crippen LogP contribution in [0.1, 0.15) is 42.0 Å². The summed E-state index contributed by atoms with van der Waals surface area (Å²) >= 11 is 0. The standard InChI is InChI=1S/C23H20FN7O2/c1-2-31-23(32)33-22(30-31)20-19-14(13-5-3-4-6-15(13)27-19)9-17(28-20)21-26-11-18(29-21)16-8-7-12(24)10-25-16/h3-8,10-11,17,20,27-28H,2,9H2,1H3,(H,26,29)/t17-,20?/m1/s1. The van der Waals surface area contributed by atoms with Crippen LogP contribution in [0.4, 0.5) is 4.39 Å². The Bertz CT molecular complexity index is 1510. The number of H-pyrrole nitrogens is 2.